The highest BCUT2D eigenvalue weighted by atomic mass is 127. The summed E-state index contributed by atoms with van der Waals surface area (Å²) in [6, 6.07) is 6.56. The van der Waals surface area contributed by atoms with Gasteiger partial charge in [0.25, 0.3) is 0 Å². The minimum atomic E-state index is -1.04. The van der Waals surface area contributed by atoms with Gasteiger partial charge in [-0.1, -0.05) is 12.1 Å². The molecule has 1 rings (SSSR count). The number of nitrogens with two attached hydrogens (primary N) is 1. The number of phenolic OH excluding ortho intramolecular Hbond substituents is 1. The number of halogens is 1. The van der Waals surface area contributed by atoms with Crippen LogP contribution < -0.4 is 5.73 Å². The van der Waals surface area contributed by atoms with Crippen molar-refractivity contribution >= 4 is 29.0 Å². The summed E-state index contributed by atoms with van der Waals surface area (Å²) < 4.78 is 4.57. The summed E-state index contributed by atoms with van der Waals surface area (Å²) in [5.41, 5.74) is 5.63. The Balaban J connectivity index is 2.77. The van der Waals surface area contributed by atoms with E-state index in [1.54, 1.807) is 31.2 Å². The highest BCUT2D eigenvalue weighted by Gasteiger charge is 2.30. The zero-order valence-electron chi connectivity index (χ0n) is 8.24. The SMILES string of the molecule is C[C@](N)(Cc1ccc(O)cc1)C(=O)OI. The average molecular weight is 321 g/mol. The molecule has 0 aliphatic carbocycles. The number of phenols is 1. The lowest BCUT2D eigenvalue weighted by molar-refractivity contribution is -0.136. The molecule has 0 aliphatic rings. The maximum absolute atomic E-state index is 11.3. The van der Waals surface area contributed by atoms with Gasteiger partial charge in [-0.3, -0.25) is 0 Å². The lowest BCUT2D eigenvalue weighted by Crippen LogP contribution is -2.47. The molecule has 3 N–H and O–H groups in total. The molecule has 0 bridgehead atoms. The van der Waals surface area contributed by atoms with Crippen molar-refractivity contribution in [1.29, 1.82) is 0 Å². The maximum Gasteiger partial charge on any atom is 0.335 e. The molecular formula is C10H12INO3. The second-order valence-corrected chi connectivity index (χ2v) is 4.07. The van der Waals surface area contributed by atoms with Crippen molar-refractivity contribution in [2.24, 2.45) is 5.73 Å². The molecule has 0 spiro atoms. The molecule has 0 aliphatic heterocycles. The lowest BCUT2D eigenvalue weighted by Gasteiger charge is -2.20. The van der Waals surface area contributed by atoms with Gasteiger partial charge in [0.1, 0.15) is 11.3 Å². The van der Waals surface area contributed by atoms with Crippen LogP contribution in [0.1, 0.15) is 12.5 Å². The van der Waals surface area contributed by atoms with Gasteiger partial charge in [-0.15, -0.1) is 0 Å². The quantitative estimate of drug-likeness (QED) is 0.829. The van der Waals surface area contributed by atoms with Crippen molar-refractivity contribution in [3.8, 4) is 5.75 Å². The van der Waals surface area contributed by atoms with Crippen LogP contribution >= 0.6 is 23.0 Å². The van der Waals surface area contributed by atoms with Crippen LogP contribution in [-0.4, -0.2) is 16.6 Å². The molecule has 5 heteroatoms. The Hall–Kier alpha value is -0.820. The molecule has 82 valence electrons. The Labute approximate surface area is 102 Å². The average Bonchev–Trinajstić information content (AvgIpc) is 2.20. The van der Waals surface area contributed by atoms with Gasteiger partial charge in [0.15, 0.2) is 23.0 Å². The minimum Gasteiger partial charge on any atom is -0.508 e. The highest BCUT2D eigenvalue weighted by Crippen LogP contribution is 2.16. The third-order valence-electron chi connectivity index (χ3n) is 2.04. The van der Waals surface area contributed by atoms with E-state index in [-0.39, 0.29) is 5.75 Å². The predicted octanol–water partition coefficient (Wildman–Crippen LogP) is 1.55. The molecule has 0 saturated carbocycles. The van der Waals surface area contributed by atoms with Crippen LogP contribution in [0.5, 0.6) is 5.75 Å². The minimum absolute atomic E-state index is 0.189. The molecule has 15 heavy (non-hydrogen) atoms. The first-order valence-corrected chi connectivity index (χ1v) is 5.23. The summed E-state index contributed by atoms with van der Waals surface area (Å²) in [7, 11) is 0. The summed E-state index contributed by atoms with van der Waals surface area (Å²) >= 11 is 1.52. The molecule has 0 saturated heterocycles. The van der Waals surface area contributed by atoms with Crippen LogP contribution in [0.25, 0.3) is 0 Å². The van der Waals surface area contributed by atoms with Gasteiger partial charge < -0.3 is 13.9 Å². The largest absolute Gasteiger partial charge is 0.508 e. The van der Waals surface area contributed by atoms with E-state index < -0.39 is 11.5 Å². The summed E-state index contributed by atoms with van der Waals surface area (Å²) in [6.07, 6.45) is 0.370. The van der Waals surface area contributed by atoms with E-state index in [1.807, 2.05) is 0 Å². The molecular weight excluding hydrogens is 309 g/mol. The van der Waals surface area contributed by atoms with Crippen LogP contribution in [0, 0.1) is 0 Å². The van der Waals surface area contributed by atoms with E-state index >= 15 is 0 Å². The molecule has 4 nitrogen and oxygen atoms in total. The number of aromatic hydroxyl groups is 1. The highest BCUT2D eigenvalue weighted by molar-refractivity contribution is 14.1. The first-order chi connectivity index (χ1) is 6.95. The fourth-order valence-electron chi connectivity index (χ4n) is 1.20. The second kappa shape index (κ2) is 4.80. The van der Waals surface area contributed by atoms with Crippen molar-refractivity contribution < 1.29 is 13.0 Å². The number of hydrogen-bond donors (Lipinski definition) is 2. The van der Waals surface area contributed by atoms with Gasteiger partial charge in [-0.2, -0.15) is 0 Å². The van der Waals surface area contributed by atoms with Gasteiger partial charge in [-0.05, 0) is 24.6 Å². The molecule has 0 fully saturated rings. The Morgan fingerprint density at radius 2 is 2.07 bits per heavy atom. The fourth-order valence-corrected chi connectivity index (χ4v) is 1.70. The second-order valence-electron chi connectivity index (χ2n) is 3.63. The van der Waals surface area contributed by atoms with Crippen molar-refractivity contribution in [2.75, 3.05) is 0 Å². The van der Waals surface area contributed by atoms with E-state index in [2.05, 4.69) is 3.07 Å². The first kappa shape index (κ1) is 12.3. The lowest BCUT2D eigenvalue weighted by atomic mass is 9.94. The number of carbonyl (C=O) groups excluding carboxylic acids is 1. The van der Waals surface area contributed by atoms with Gasteiger partial charge in [-0.25, -0.2) is 4.79 Å². The number of hydrogen-bond acceptors (Lipinski definition) is 4. The van der Waals surface area contributed by atoms with E-state index in [4.69, 9.17) is 10.8 Å². The molecule has 1 aromatic carbocycles. The summed E-state index contributed by atoms with van der Waals surface area (Å²) in [6.45, 7) is 1.61. The first-order valence-electron chi connectivity index (χ1n) is 4.35. The van der Waals surface area contributed by atoms with Crippen molar-refractivity contribution in [3.63, 3.8) is 0 Å². The number of rotatable bonds is 3. The summed E-state index contributed by atoms with van der Waals surface area (Å²) in [5, 5.41) is 9.09. The van der Waals surface area contributed by atoms with Gasteiger partial charge in [0.05, 0.1) is 0 Å². The monoisotopic (exact) mass is 321 g/mol. The van der Waals surface area contributed by atoms with E-state index in [9.17, 15) is 4.79 Å². The van der Waals surface area contributed by atoms with Crippen LogP contribution in [-0.2, 0) is 14.3 Å². The molecule has 0 unspecified atom stereocenters. The Bertz CT molecular complexity index is 348. The summed E-state index contributed by atoms with van der Waals surface area (Å²) in [4.78, 5) is 11.3. The summed E-state index contributed by atoms with van der Waals surface area (Å²) in [5.74, 6) is -0.273. The normalized spacial score (nSPS) is 14.3. The maximum atomic E-state index is 11.3. The predicted molar refractivity (Wildman–Crippen MR) is 64.5 cm³/mol. The van der Waals surface area contributed by atoms with Gasteiger partial charge >= 0.3 is 5.97 Å². The molecule has 0 aromatic heterocycles. The van der Waals surface area contributed by atoms with Crippen molar-refractivity contribution in [1.82, 2.24) is 0 Å². The van der Waals surface area contributed by atoms with Crippen molar-refractivity contribution in [3.05, 3.63) is 29.8 Å². The third kappa shape index (κ3) is 3.35. The van der Waals surface area contributed by atoms with Crippen LogP contribution in [0.2, 0.25) is 0 Å². The van der Waals surface area contributed by atoms with Crippen LogP contribution in [0.4, 0.5) is 0 Å². The topological polar surface area (TPSA) is 72.5 Å². The molecule has 0 heterocycles. The Morgan fingerprint density at radius 1 is 1.53 bits per heavy atom. The molecule has 0 amide bonds. The van der Waals surface area contributed by atoms with Crippen molar-refractivity contribution in [2.45, 2.75) is 18.9 Å². The van der Waals surface area contributed by atoms with Crippen LogP contribution in [0.15, 0.2) is 24.3 Å². The zero-order chi connectivity index (χ0) is 11.5. The third-order valence-corrected chi connectivity index (χ3v) is 2.44. The zero-order valence-corrected chi connectivity index (χ0v) is 10.4. The molecule has 0 radical (unpaired) electrons. The van der Waals surface area contributed by atoms with E-state index in [1.165, 1.54) is 23.0 Å². The van der Waals surface area contributed by atoms with Crippen LogP contribution in [0.3, 0.4) is 0 Å². The number of benzene rings is 1. The van der Waals surface area contributed by atoms with Gasteiger partial charge in [0.2, 0.25) is 0 Å². The molecule has 1 aromatic rings. The Kier molecular flexibility index (Phi) is 3.92. The molecule has 1 atom stereocenters. The Morgan fingerprint density at radius 3 is 2.53 bits per heavy atom. The fraction of sp³-hybridized carbons (Fsp3) is 0.300. The van der Waals surface area contributed by atoms with Gasteiger partial charge in [0, 0.05) is 6.42 Å². The smallest absolute Gasteiger partial charge is 0.335 e. The number of carbonyl (C=O) groups is 1. The standard InChI is InChI=1S/C10H12INO3/c1-10(12,9(14)15-11)6-7-2-4-8(13)5-3-7/h2-5,13H,6,12H2,1H3/t10-/m0/s1. The van der Waals surface area contributed by atoms with E-state index in [0.29, 0.717) is 6.42 Å². The van der Waals surface area contributed by atoms with E-state index in [0.717, 1.165) is 5.56 Å².